The first-order valence-electron chi connectivity index (χ1n) is 16.3. The van der Waals surface area contributed by atoms with Gasteiger partial charge in [-0.1, -0.05) is 33.1 Å². The Hall–Kier alpha value is -4.34. The lowest BCUT2D eigenvalue weighted by atomic mass is 9.99. The molecule has 0 N–H and O–H groups in total. The largest absolute Gasteiger partial charge is 0.485 e. The maximum absolute atomic E-state index is 13.5. The van der Waals surface area contributed by atoms with Crippen molar-refractivity contribution in [3.63, 3.8) is 0 Å². The van der Waals surface area contributed by atoms with Crippen molar-refractivity contribution in [2.75, 3.05) is 26.4 Å². The second-order valence-corrected chi connectivity index (χ2v) is 13.7. The Bertz CT molecular complexity index is 1880. The van der Waals surface area contributed by atoms with Crippen molar-refractivity contribution in [1.82, 2.24) is 4.57 Å². The van der Waals surface area contributed by atoms with E-state index in [1.54, 1.807) is 24.3 Å². The summed E-state index contributed by atoms with van der Waals surface area (Å²) < 4.78 is 25.2. The van der Waals surface area contributed by atoms with Gasteiger partial charge in [0.05, 0.1) is 9.75 Å². The Labute approximate surface area is 282 Å². The van der Waals surface area contributed by atoms with E-state index in [0.717, 1.165) is 56.0 Å². The molecule has 2 aromatic carbocycles. The second kappa shape index (κ2) is 13.8. The van der Waals surface area contributed by atoms with Crippen LogP contribution < -0.4 is 18.9 Å². The zero-order valence-corrected chi connectivity index (χ0v) is 28.2. The number of nitrogens with zero attached hydrogens (tertiary/aromatic N) is 1. The summed E-state index contributed by atoms with van der Waals surface area (Å²) in [6.45, 7) is 7.42. The third kappa shape index (κ3) is 6.34. The van der Waals surface area contributed by atoms with Crippen molar-refractivity contribution in [1.29, 1.82) is 0 Å². The minimum Gasteiger partial charge on any atom is -0.485 e. The summed E-state index contributed by atoms with van der Waals surface area (Å²) in [4.78, 5) is 28.7. The number of fused-ring (bicyclic) bond motifs is 5. The maximum Gasteiger partial charge on any atom is 0.185 e. The molecule has 5 heterocycles. The van der Waals surface area contributed by atoms with E-state index in [0.29, 0.717) is 55.0 Å². The molecule has 0 bridgehead atoms. The Morgan fingerprint density at radius 3 is 1.77 bits per heavy atom. The average Bonchev–Trinajstić information content (AvgIpc) is 3.81. The third-order valence-corrected chi connectivity index (χ3v) is 10.7. The summed E-state index contributed by atoms with van der Waals surface area (Å²) >= 11 is 2.99. The molecule has 0 spiro atoms. The number of ether oxygens (including phenoxy) is 4. The van der Waals surface area contributed by atoms with E-state index in [-0.39, 0.29) is 11.6 Å². The van der Waals surface area contributed by atoms with Gasteiger partial charge in [0.15, 0.2) is 34.6 Å². The molecule has 9 heteroatoms. The summed E-state index contributed by atoms with van der Waals surface area (Å²) in [5.41, 5.74) is 3.32. The van der Waals surface area contributed by atoms with Gasteiger partial charge in [0, 0.05) is 50.2 Å². The van der Waals surface area contributed by atoms with Gasteiger partial charge in [-0.3, -0.25) is 9.59 Å². The Balaban J connectivity index is 1.23. The summed E-state index contributed by atoms with van der Waals surface area (Å²) in [6.07, 6.45) is 11.4. The SMILES string of the molecule is CCCCC(CC)Cn1c2ccc(C(=O)C=Cc3scc4c3OCCO4)cc2c2cc(C(=O)C=Cc3scc4c3OCCO4)ccc21. The van der Waals surface area contributed by atoms with Crippen LogP contribution in [0.2, 0.25) is 0 Å². The molecule has 0 radical (unpaired) electrons. The second-order valence-electron chi connectivity index (χ2n) is 11.9. The minimum atomic E-state index is -0.0956. The number of hydrogen-bond acceptors (Lipinski definition) is 8. The standard InChI is InChI=1S/C38H37NO6S2/c1-3-5-6-24(4-2)21-39-29-9-7-25(31(40)11-13-35-37-33(22-46-35)42-15-17-44-37)19-27(29)28-20-26(8-10-30(28)39)32(41)12-14-36-38-34(23-47-36)43-16-18-45-38/h7-14,19-20,22-24H,3-6,15-18,21H2,1-2H3. The third-order valence-electron chi connectivity index (χ3n) is 8.85. The van der Waals surface area contributed by atoms with Crippen LogP contribution in [-0.2, 0) is 6.54 Å². The van der Waals surface area contributed by atoms with Crippen LogP contribution >= 0.6 is 22.7 Å². The van der Waals surface area contributed by atoms with Crippen molar-refractivity contribution in [3.05, 3.63) is 80.2 Å². The molecule has 2 aliphatic rings. The Morgan fingerprint density at radius 2 is 1.28 bits per heavy atom. The number of hydrogen-bond donors (Lipinski definition) is 0. The molecule has 3 aromatic heterocycles. The summed E-state index contributed by atoms with van der Waals surface area (Å²) in [7, 11) is 0. The minimum absolute atomic E-state index is 0.0956. The number of allylic oxidation sites excluding steroid dienone is 2. The number of unbranched alkanes of at least 4 members (excludes halogenated alkanes) is 1. The molecule has 1 unspecified atom stereocenters. The lowest BCUT2D eigenvalue weighted by molar-refractivity contribution is 0.104. The molecule has 2 aliphatic heterocycles. The van der Waals surface area contributed by atoms with Crippen LogP contribution in [0.5, 0.6) is 23.0 Å². The van der Waals surface area contributed by atoms with Crippen molar-refractivity contribution in [3.8, 4) is 23.0 Å². The number of benzene rings is 2. The number of thiophene rings is 2. The lowest BCUT2D eigenvalue weighted by Gasteiger charge is -2.17. The monoisotopic (exact) mass is 667 g/mol. The first-order chi connectivity index (χ1) is 23.0. The first kappa shape index (κ1) is 31.3. The zero-order valence-electron chi connectivity index (χ0n) is 26.6. The quantitative estimate of drug-likeness (QED) is 0.0975. The topological polar surface area (TPSA) is 76.0 Å². The highest BCUT2D eigenvalue weighted by Gasteiger charge is 2.20. The van der Waals surface area contributed by atoms with Gasteiger partial charge >= 0.3 is 0 Å². The molecule has 1 atom stereocenters. The fraction of sp³-hybridized carbons (Fsp3) is 0.316. The van der Waals surface area contributed by atoms with Crippen LogP contribution in [0, 0.1) is 5.92 Å². The molecule has 0 saturated carbocycles. The Morgan fingerprint density at radius 1 is 0.766 bits per heavy atom. The molecular formula is C38H37NO6S2. The fourth-order valence-corrected chi connectivity index (χ4v) is 7.92. The van der Waals surface area contributed by atoms with Gasteiger partial charge in [-0.15, -0.1) is 22.7 Å². The predicted molar refractivity (Wildman–Crippen MR) is 190 cm³/mol. The van der Waals surface area contributed by atoms with Crippen LogP contribution in [0.25, 0.3) is 34.0 Å². The van der Waals surface area contributed by atoms with Gasteiger partial charge in [-0.25, -0.2) is 0 Å². The summed E-state index contributed by atoms with van der Waals surface area (Å²) in [5.74, 6) is 3.19. The van der Waals surface area contributed by atoms with E-state index in [1.807, 2.05) is 35.0 Å². The highest BCUT2D eigenvalue weighted by Crippen LogP contribution is 2.41. The van der Waals surface area contributed by atoms with E-state index in [9.17, 15) is 9.59 Å². The normalized spacial score (nSPS) is 14.9. The van der Waals surface area contributed by atoms with Gasteiger partial charge in [-0.2, -0.15) is 0 Å². The highest BCUT2D eigenvalue weighted by atomic mass is 32.1. The number of ketones is 2. The molecule has 0 aliphatic carbocycles. The van der Waals surface area contributed by atoms with E-state index in [2.05, 4.69) is 30.5 Å². The first-order valence-corrected chi connectivity index (χ1v) is 18.0. The van der Waals surface area contributed by atoms with Gasteiger partial charge in [0.1, 0.15) is 26.4 Å². The van der Waals surface area contributed by atoms with Crippen LogP contribution in [-0.4, -0.2) is 42.6 Å². The van der Waals surface area contributed by atoms with E-state index in [1.165, 1.54) is 41.9 Å². The van der Waals surface area contributed by atoms with Crippen LogP contribution in [0.3, 0.4) is 0 Å². The van der Waals surface area contributed by atoms with Crippen LogP contribution in [0.4, 0.5) is 0 Å². The van der Waals surface area contributed by atoms with Gasteiger partial charge in [-0.05, 0) is 73.0 Å². The molecule has 0 fully saturated rings. The van der Waals surface area contributed by atoms with Gasteiger partial charge < -0.3 is 23.5 Å². The number of aromatic nitrogens is 1. The predicted octanol–water partition coefficient (Wildman–Crippen LogP) is 9.47. The molecule has 5 aromatic rings. The van der Waals surface area contributed by atoms with Crippen molar-refractivity contribution in [2.45, 2.75) is 46.1 Å². The van der Waals surface area contributed by atoms with E-state index < -0.39 is 0 Å². The van der Waals surface area contributed by atoms with Crippen LogP contribution in [0.15, 0.2) is 59.3 Å². The van der Waals surface area contributed by atoms with Gasteiger partial charge in [0.25, 0.3) is 0 Å². The molecule has 47 heavy (non-hydrogen) atoms. The Kier molecular flexibility index (Phi) is 9.18. The molecule has 7 rings (SSSR count). The zero-order chi connectivity index (χ0) is 32.3. The summed E-state index contributed by atoms with van der Waals surface area (Å²) in [5, 5.41) is 5.75. The molecule has 7 nitrogen and oxygen atoms in total. The van der Waals surface area contributed by atoms with Gasteiger partial charge in [0.2, 0.25) is 0 Å². The smallest absolute Gasteiger partial charge is 0.185 e. The number of carbonyl (C=O) groups excluding carboxylic acids is 2. The molecule has 0 saturated heterocycles. The van der Waals surface area contributed by atoms with Crippen LogP contribution in [0.1, 0.15) is 70.0 Å². The molecule has 242 valence electrons. The number of carbonyl (C=O) groups is 2. The maximum atomic E-state index is 13.5. The highest BCUT2D eigenvalue weighted by molar-refractivity contribution is 7.12. The summed E-state index contributed by atoms with van der Waals surface area (Å²) in [6, 6.07) is 11.9. The van der Waals surface area contributed by atoms with E-state index in [4.69, 9.17) is 18.9 Å². The lowest BCUT2D eigenvalue weighted by Crippen LogP contribution is -2.14. The number of rotatable bonds is 12. The van der Waals surface area contributed by atoms with Crippen molar-refractivity contribution >= 4 is 68.2 Å². The van der Waals surface area contributed by atoms with Crippen molar-refractivity contribution < 1.29 is 28.5 Å². The fourth-order valence-electron chi connectivity index (χ4n) is 6.27. The molecule has 0 amide bonds. The average molecular weight is 668 g/mol. The van der Waals surface area contributed by atoms with Crippen molar-refractivity contribution in [2.24, 2.45) is 5.92 Å². The molecular weight excluding hydrogens is 631 g/mol. The van der Waals surface area contributed by atoms with E-state index >= 15 is 0 Å².